The van der Waals surface area contributed by atoms with Gasteiger partial charge in [-0.3, -0.25) is 9.08 Å². The van der Waals surface area contributed by atoms with Gasteiger partial charge in [-0.2, -0.15) is 13.7 Å². The summed E-state index contributed by atoms with van der Waals surface area (Å²) in [5, 5.41) is 11.8. The summed E-state index contributed by atoms with van der Waals surface area (Å²) >= 11 is 0.647. The molecule has 9 heteroatoms. The first-order valence-electron chi connectivity index (χ1n) is 9.79. The lowest BCUT2D eigenvalue weighted by Crippen LogP contribution is -2.33. The number of nitrogens with zero attached hydrogens (tertiary/aromatic N) is 2. The second-order valence-corrected chi connectivity index (χ2v) is 9.56. The number of fused-ring (bicyclic) bond motifs is 1. The summed E-state index contributed by atoms with van der Waals surface area (Å²) in [7, 11) is -4.31. The maximum absolute atomic E-state index is 13.1. The summed E-state index contributed by atoms with van der Waals surface area (Å²) in [6.07, 6.45) is 3.14. The minimum Gasteiger partial charge on any atom is -0.457 e. The molecule has 4 aromatic rings. The van der Waals surface area contributed by atoms with Crippen molar-refractivity contribution < 1.29 is 17.1 Å². The van der Waals surface area contributed by atoms with Crippen molar-refractivity contribution in [1.29, 1.82) is 5.26 Å². The van der Waals surface area contributed by atoms with Crippen LogP contribution in [0.2, 0.25) is 0 Å². The van der Waals surface area contributed by atoms with Crippen molar-refractivity contribution in [1.82, 2.24) is 4.73 Å². The predicted octanol–water partition coefficient (Wildman–Crippen LogP) is 4.77. The Bertz CT molecular complexity index is 1540. The van der Waals surface area contributed by atoms with Gasteiger partial charge in [-0.15, -0.1) is 4.73 Å². The number of benzene rings is 2. The van der Waals surface area contributed by atoms with Crippen LogP contribution in [0.15, 0.2) is 79.7 Å². The van der Waals surface area contributed by atoms with Crippen LogP contribution in [0.5, 0.6) is 0 Å². The van der Waals surface area contributed by atoms with E-state index in [0.29, 0.717) is 33.4 Å². The van der Waals surface area contributed by atoms with Crippen molar-refractivity contribution in [2.75, 3.05) is 0 Å². The van der Waals surface area contributed by atoms with E-state index in [1.54, 1.807) is 31.2 Å². The summed E-state index contributed by atoms with van der Waals surface area (Å²) in [5.74, 6) is 0.518. The predicted molar refractivity (Wildman–Crippen MR) is 127 cm³/mol. The molecule has 0 saturated heterocycles. The van der Waals surface area contributed by atoms with Gasteiger partial charge >= 0.3 is 10.1 Å². The highest BCUT2D eigenvalue weighted by Gasteiger charge is 2.21. The Balaban J connectivity index is 1.80. The SMILES string of the molecule is Cc1ccc(S(=O)(=O)On2c(/C=C/c3cc4ccccc4o3)cc(C)c(SC#N)c2=O)cc1. The van der Waals surface area contributed by atoms with E-state index in [1.165, 1.54) is 18.2 Å². The molecule has 7 nitrogen and oxygen atoms in total. The largest absolute Gasteiger partial charge is 0.457 e. The molecule has 0 aliphatic carbocycles. The highest BCUT2D eigenvalue weighted by molar-refractivity contribution is 8.03. The monoisotopic (exact) mass is 478 g/mol. The van der Waals surface area contributed by atoms with Gasteiger partial charge < -0.3 is 4.42 Å². The average Bonchev–Trinajstić information content (AvgIpc) is 3.21. The third-order valence-electron chi connectivity index (χ3n) is 4.83. The zero-order chi connectivity index (χ0) is 23.6. The summed E-state index contributed by atoms with van der Waals surface area (Å²) in [6.45, 7) is 3.49. The first-order chi connectivity index (χ1) is 15.8. The molecule has 0 fully saturated rings. The molecule has 33 heavy (non-hydrogen) atoms. The van der Waals surface area contributed by atoms with E-state index in [4.69, 9.17) is 14.0 Å². The third-order valence-corrected chi connectivity index (χ3v) is 6.82. The van der Waals surface area contributed by atoms with Crippen LogP contribution in [0.3, 0.4) is 0 Å². The zero-order valence-electron chi connectivity index (χ0n) is 17.7. The topological polar surface area (TPSA) is 102 Å². The fourth-order valence-corrected chi connectivity index (χ4v) is 4.57. The van der Waals surface area contributed by atoms with Crippen LogP contribution >= 0.6 is 11.8 Å². The van der Waals surface area contributed by atoms with Gasteiger partial charge in [-0.1, -0.05) is 35.9 Å². The highest BCUT2D eigenvalue weighted by Crippen LogP contribution is 2.23. The molecule has 166 valence electrons. The molecular formula is C24H18N2O5S2. The normalized spacial score (nSPS) is 11.7. The minimum absolute atomic E-state index is 0.0810. The van der Waals surface area contributed by atoms with Crippen molar-refractivity contribution in [3.8, 4) is 5.40 Å². The smallest absolute Gasteiger partial charge is 0.357 e. The molecule has 2 aromatic heterocycles. The average molecular weight is 479 g/mol. The zero-order valence-corrected chi connectivity index (χ0v) is 19.3. The molecule has 0 aliphatic heterocycles. The molecule has 0 spiro atoms. The van der Waals surface area contributed by atoms with Crippen molar-refractivity contribution in [3.63, 3.8) is 0 Å². The number of rotatable bonds is 6. The Labute approximate surface area is 194 Å². The number of hydrogen-bond donors (Lipinski definition) is 0. The Kier molecular flexibility index (Phi) is 6.14. The Hall–Kier alpha value is -3.74. The number of aromatic nitrogens is 1. The second kappa shape index (κ2) is 9.02. The number of para-hydroxylation sites is 1. The molecule has 0 bridgehead atoms. The summed E-state index contributed by atoms with van der Waals surface area (Å²) < 4.78 is 37.4. The number of aryl methyl sites for hydroxylation is 2. The molecule has 4 rings (SSSR count). The molecule has 0 amide bonds. The van der Waals surface area contributed by atoms with Crippen LogP contribution in [0.25, 0.3) is 23.1 Å². The van der Waals surface area contributed by atoms with Crippen molar-refractivity contribution in [3.05, 3.63) is 93.6 Å². The van der Waals surface area contributed by atoms with Gasteiger partial charge in [0.1, 0.15) is 21.6 Å². The van der Waals surface area contributed by atoms with E-state index in [1.807, 2.05) is 42.7 Å². The highest BCUT2D eigenvalue weighted by atomic mass is 32.2. The van der Waals surface area contributed by atoms with Crippen molar-refractivity contribution in [2.24, 2.45) is 0 Å². The number of thiocyanates is 1. The van der Waals surface area contributed by atoms with E-state index in [0.717, 1.165) is 10.9 Å². The van der Waals surface area contributed by atoms with E-state index < -0.39 is 15.7 Å². The molecule has 2 aromatic carbocycles. The van der Waals surface area contributed by atoms with Crippen LogP contribution in [0.1, 0.15) is 22.6 Å². The molecule has 2 heterocycles. The summed E-state index contributed by atoms with van der Waals surface area (Å²) in [4.78, 5) is 13.0. The van der Waals surface area contributed by atoms with E-state index in [-0.39, 0.29) is 15.5 Å². The first kappa shape index (κ1) is 22.5. The summed E-state index contributed by atoms with van der Waals surface area (Å²) in [6, 6.07) is 16.9. The van der Waals surface area contributed by atoms with Crippen molar-refractivity contribution in [2.45, 2.75) is 23.6 Å². The second-order valence-electron chi connectivity index (χ2n) is 7.24. The molecule has 0 saturated carbocycles. The Morgan fingerprint density at radius 2 is 1.79 bits per heavy atom. The van der Waals surface area contributed by atoms with E-state index in [2.05, 4.69) is 0 Å². The van der Waals surface area contributed by atoms with Crippen LogP contribution < -0.4 is 9.84 Å². The third kappa shape index (κ3) is 4.72. The van der Waals surface area contributed by atoms with Crippen molar-refractivity contribution >= 4 is 45.0 Å². The number of nitriles is 1. The lowest BCUT2D eigenvalue weighted by Gasteiger charge is -2.14. The standard InChI is InChI=1S/C24H18N2O5S2/c1-16-7-11-21(12-8-16)33(28,29)31-26-19(13-17(2)23(24(26)27)32-15-25)9-10-20-14-18-5-3-4-6-22(18)30-20/h3-14H,1-2H3/b10-9+. The summed E-state index contributed by atoms with van der Waals surface area (Å²) in [5.41, 5.74) is 1.52. The van der Waals surface area contributed by atoms with E-state index >= 15 is 0 Å². The van der Waals surface area contributed by atoms with Gasteiger partial charge in [0.15, 0.2) is 0 Å². The molecule has 0 N–H and O–H groups in total. The molecular weight excluding hydrogens is 460 g/mol. The fourth-order valence-electron chi connectivity index (χ4n) is 3.18. The van der Waals surface area contributed by atoms with Crippen LogP contribution in [-0.4, -0.2) is 13.1 Å². The molecule has 0 radical (unpaired) electrons. The number of thioether (sulfide) groups is 1. The maximum Gasteiger partial charge on any atom is 0.357 e. The van der Waals surface area contributed by atoms with Gasteiger partial charge in [0.05, 0.1) is 10.6 Å². The fraction of sp³-hybridized carbons (Fsp3) is 0.0833. The quantitative estimate of drug-likeness (QED) is 0.290. The van der Waals surface area contributed by atoms with Gasteiger partial charge in [0.2, 0.25) is 0 Å². The maximum atomic E-state index is 13.1. The van der Waals surface area contributed by atoms with Gasteiger partial charge in [-0.05, 0) is 73.7 Å². The lowest BCUT2D eigenvalue weighted by atomic mass is 10.2. The van der Waals surface area contributed by atoms with Crippen LogP contribution in [-0.2, 0) is 10.1 Å². The first-order valence-corrected chi connectivity index (χ1v) is 12.0. The van der Waals surface area contributed by atoms with Gasteiger partial charge in [0, 0.05) is 5.39 Å². The van der Waals surface area contributed by atoms with E-state index in [9.17, 15) is 13.2 Å². The van der Waals surface area contributed by atoms with Crippen LogP contribution in [0, 0.1) is 24.5 Å². The number of furan rings is 1. The Morgan fingerprint density at radius 1 is 1.06 bits per heavy atom. The lowest BCUT2D eigenvalue weighted by molar-refractivity contribution is 0.261. The molecule has 0 aliphatic rings. The minimum atomic E-state index is -4.31. The molecule has 0 atom stereocenters. The van der Waals surface area contributed by atoms with Gasteiger partial charge in [-0.25, -0.2) is 0 Å². The Morgan fingerprint density at radius 3 is 2.48 bits per heavy atom. The van der Waals surface area contributed by atoms with Crippen LogP contribution in [0.4, 0.5) is 0 Å². The number of pyridine rings is 1. The van der Waals surface area contributed by atoms with Gasteiger partial charge in [0.25, 0.3) is 5.56 Å². The number of hydrogen-bond acceptors (Lipinski definition) is 7. The molecule has 0 unspecified atom stereocenters.